The molecule has 2 amide bonds. The molecule has 1 aromatic rings. The number of amides is 2. The van der Waals surface area contributed by atoms with Crippen LogP contribution in [-0.4, -0.2) is 28.3 Å². The summed E-state index contributed by atoms with van der Waals surface area (Å²) in [7, 11) is 0. The summed E-state index contributed by atoms with van der Waals surface area (Å²) in [6.45, 7) is 10.2. The maximum absolute atomic E-state index is 12.4. The van der Waals surface area contributed by atoms with Crippen LogP contribution in [0.4, 0.5) is 0 Å². The standard InChI is InChI=1S/C17H26N2O2/c1-13(2)19(12-14-9-7-6-8-10-14)16(21)11-15(20)18-17(3,4)5/h6-10,13H,11-12H2,1-5H3,(H,18,20). The fourth-order valence-corrected chi connectivity index (χ4v) is 2.04. The van der Waals surface area contributed by atoms with E-state index in [0.717, 1.165) is 5.56 Å². The molecule has 4 nitrogen and oxygen atoms in total. The van der Waals surface area contributed by atoms with E-state index in [-0.39, 0.29) is 29.8 Å². The largest absolute Gasteiger partial charge is 0.351 e. The summed E-state index contributed by atoms with van der Waals surface area (Å²) in [5, 5.41) is 2.82. The van der Waals surface area contributed by atoms with Gasteiger partial charge in [-0.3, -0.25) is 9.59 Å². The van der Waals surface area contributed by atoms with Crippen LogP contribution in [-0.2, 0) is 16.1 Å². The quantitative estimate of drug-likeness (QED) is 0.848. The molecule has 0 saturated carbocycles. The van der Waals surface area contributed by atoms with Crippen molar-refractivity contribution in [1.29, 1.82) is 0 Å². The van der Waals surface area contributed by atoms with Crippen molar-refractivity contribution in [3.05, 3.63) is 35.9 Å². The van der Waals surface area contributed by atoms with E-state index in [1.807, 2.05) is 65.0 Å². The minimum absolute atomic E-state index is 0.0557. The van der Waals surface area contributed by atoms with Crippen LogP contribution in [0.5, 0.6) is 0 Å². The van der Waals surface area contributed by atoms with E-state index in [0.29, 0.717) is 6.54 Å². The van der Waals surface area contributed by atoms with Crippen molar-refractivity contribution in [2.24, 2.45) is 0 Å². The normalized spacial score (nSPS) is 11.3. The number of nitrogens with zero attached hydrogens (tertiary/aromatic N) is 1. The number of carbonyl (C=O) groups excluding carboxylic acids is 2. The van der Waals surface area contributed by atoms with E-state index in [4.69, 9.17) is 0 Å². The van der Waals surface area contributed by atoms with Crippen LogP contribution in [0.2, 0.25) is 0 Å². The van der Waals surface area contributed by atoms with Gasteiger partial charge in [-0.15, -0.1) is 0 Å². The van der Waals surface area contributed by atoms with E-state index in [1.54, 1.807) is 4.90 Å². The minimum atomic E-state index is -0.320. The van der Waals surface area contributed by atoms with E-state index in [1.165, 1.54) is 0 Å². The van der Waals surface area contributed by atoms with Crippen LogP contribution in [0.1, 0.15) is 46.6 Å². The first-order valence-electron chi connectivity index (χ1n) is 7.33. The molecule has 0 fully saturated rings. The molecule has 0 bridgehead atoms. The Morgan fingerprint density at radius 1 is 1.14 bits per heavy atom. The molecule has 21 heavy (non-hydrogen) atoms. The molecule has 0 heterocycles. The van der Waals surface area contributed by atoms with Gasteiger partial charge in [0, 0.05) is 18.1 Å². The van der Waals surface area contributed by atoms with Gasteiger partial charge in [0.15, 0.2) is 0 Å². The van der Waals surface area contributed by atoms with E-state index >= 15 is 0 Å². The SMILES string of the molecule is CC(C)N(Cc1ccccc1)C(=O)CC(=O)NC(C)(C)C. The summed E-state index contributed by atoms with van der Waals surface area (Å²) in [4.78, 5) is 26.0. The second-order valence-corrected chi connectivity index (χ2v) is 6.58. The third-order valence-electron chi connectivity index (χ3n) is 2.97. The predicted octanol–water partition coefficient (Wildman–Crippen LogP) is 2.73. The lowest BCUT2D eigenvalue weighted by Crippen LogP contribution is -2.44. The van der Waals surface area contributed by atoms with Crippen LogP contribution < -0.4 is 5.32 Å². The monoisotopic (exact) mass is 290 g/mol. The summed E-state index contributed by atoms with van der Waals surface area (Å²) in [6.07, 6.45) is -0.109. The molecular formula is C17H26N2O2. The number of benzene rings is 1. The lowest BCUT2D eigenvalue weighted by Gasteiger charge is -2.28. The highest BCUT2D eigenvalue weighted by Crippen LogP contribution is 2.10. The molecule has 0 aromatic heterocycles. The van der Waals surface area contributed by atoms with Gasteiger partial charge < -0.3 is 10.2 Å². The Balaban J connectivity index is 2.68. The van der Waals surface area contributed by atoms with Crippen LogP contribution in [0.3, 0.4) is 0 Å². The third-order valence-corrected chi connectivity index (χ3v) is 2.97. The molecule has 0 spiro atoms. The van der Waals surface area contributed by atoms with Gasteiger partial charge in [-0.05, 0) is 40.2 Å². The number of rotatable bonds is 5. The molecule has 1 N–H and O–H groups in total. The number of hydrogen-bond donors (Lipinski definition) is 1. The predicted molar refractivity (Wildman–Crippen MR) is 84.6 cm³/mol. The minimum Gasteiger partial charge on any atom is -0.351 e. The number of carbonyl (C=O) groups is 2. The van der Waals surface area contributed by atoms with Gasteiger partial charge in [0.1, 0.15) is 6.42 Å². The lowest BCUT2D eigenvalue weighted by atomic mass is 10.1. The lowest BCUT2D eigenvalue weighted by molar-refractivity contribution is -0.138. The van der Waals surface area contributed by atoms with Crippen molar-refractivity contribution in [2.45, 2.75) is 59.2 Å². The Kier molecular flexibility index (Phi) is 5.94. The van der Waals surface area contributed by atoms with Gasteiger partial charge in [-0.25, -0.2) is 0 Å². The average Bonchev–Trinajstić information content (AvgIpc) is 2.34. The number of hydrogen-bond acceptors (Lipinski definition) is 2. The van der Waals surface area contributed by atoms with Crippen molar-refractivity contribution in [3.63, 3.8) is 0 Å². The molecular weight excluding hydrogens is 264 g/mol. The molecule has 0 atom stereocenters. The zero-order chi connectivity index (χ0) is 16.0. The van der Waals surface area contributed by atoms with Gasteiger partial charge in [-0.1, -0.05) is 30.3 Å². The molecule has 0 saturated heterocycles. The Morgan fingerprint density at radius 2 is 1.71 bits per heavy atom. The van der Waals surface area contributed by atoms with Crippen LogP contribution in [0.15, 0.2) is 30.3 Å². The summed E-state index contributed by atoms with van der Waals surface area (Å²) in [6, 6.07) is 9.87. The van der Waals surface area contributed by atoms with Crippen molar-refractivity contribution < 1.29 is 9.59 Å². The smallest absolute Gasteiger partial charge is 0.232 e. The average molecular weight is 290 g/mol. The molecule has 0 unspecified atom stereocenters. The van der Waals surface area contributed by atoms with Crippen molar-refractivity contribution in [2.75, 3.05) is 0 Å². The summed E-state index contributed by atoms with van der Waals surface area (Å²) in [5.74, 6) is -0.373. The molecule has 4 heteroatoms. The van der Waals surface area contributed by atoms with Gasteiger partial charge in [0.25, 0.3) is 0 Å². The first-order chi connectivity index (χ1) is 9.69. The highest BCUT2D eigenvalue weighted by molar-refractivity contribution is 5.97. The highest BCUT2D eigenvalue weighted by Gasteiger charge is 2.22. The van der Waals surface area contributed by atoms with Crippen LogP contribution in [0.25, 0.3) is 0 Å². The maximum Gasteiger partial charge on any atom is 0.232 e. The summed E-state index contributed by atoms with van der Waals surface area (Å²) >= 11 is 0. The molecule has 0 aliphatic rings. The molecule has 1 rings (SSSR count). The van der Waals surface area contributed by atoms with Crippen molar-refractivity contribution >= 4 is 11.8 Å². The fourth-order valence-electron chi connectivity index (χ4n) is 2.04. The van der Waals surface area contributed by atoms with Gasteiger partial charge >= 0.3 is 0 Å². The molecule has 0 aliphatic heterocycles. The first-order valence-corrected chi connectivity index (χ1v) is 7.33. The Bertz CT molecular complexity index is 475. The zero-order valence-electron chi connectivity index (χ0n) is 13.6. The Hall–Kier alpha value is -1.84. The number of nitrogens with one attached hydrogen (secondary N) is 1. The first kappa shape index (κ1) is 17.2. The van der Waals surface area contributed by atoms with Gasteiger partial charge in [0.05, 0.1) is 0 Å². The Morgan fingerprint density at radius 3 is 2.19 bits per heavy atom. The van der Waals surface area contributed by atoms with Gasteiger partial charge in [0.2, 0.25) is 11.8 Å². The molecule has 0 aliphatic carbocycles. The van der Waals surface area contributed by atoms with Crippen LogP contribution in [0, 0.1) is 0 Å². The Labute approximate surface area is 127 Å². The highest BCUT2D eigenvalue weighted by atomic mass is 16.2. The zero-order valence-corrected chi connectivity index (χ0v) is 13.6. The molecule has 116 valence electrons. The maximum atomic E-state index is 12.4. The van der Waals surface area contributed by atoms with Crippen molar-refractivity contribution in [3.8, 4) is 0 Å². The second kappa shape index (κ2) is 7.25. The molecule has 0 radical (unpaired) electrons. The van der Waals surface area contributed by atoms with Crippen molar-refractivity contribution in [1.82, 2.24) is 10.2 Å². The second-order valence-electron chi connectivity index (χ2n) is 6.58. The van der Waals surface area contributed by atoms with Gasteiger partial charge in [-0.2, -0.15) is 0 Å². The topological polar surface area (TPSA) is 49.4 Å². The fraction of sp³-hybridized carbons (Fsp3) is 0.529. The van der Waals surface area contributed by atoms with E-state index in [2.05, 4.69) is 5.32 Å². The molecule has 1 aromatic carbocycles. The van der Waals surface area contributed by atoms with E-state index < -0.39 is 0 Å². The van der Waals surface area contributed by atoms with Crippen LogP contribution >= 0.6 is 0 Å². The van der Waals surface area contributed by atoms with E-state index in [9.17, 15) is 9.59 Å². The summed E-state index contributed by atoms with van der Waals surface area (Å²) < 4.78 is 0. The third kappa shape index (κ3) is 6.43. The summed E-state index contributed by atoms with van der Waals surface area (Å²) in [5.41, 5.74) is 0.746.